The van der Waals surface area contributed by atoms with E-state index >= 15 is 0 Å². The van der Waals surface area contributed by atoms with Gasteiger partial charge >= 0.3 is 0 Å². The topological polar surface area (TPSA) is 72.7 Å². The molecule has 1 amide bonds. The summed E-state index contributed by atoms with van der Waals surface area (Å²) >= 11 is 1.18. The molecule has 0 radical (unpaired) electrons. The molecule has 0 saturated heterocycles. The number of amides is 1. The first-order chi connectivity index (χ1) is 16.0. The Balaban J connectivity index is 1.42. The van der Waals surface area contributed by atoms with Crippen molar-refractivity contribution in [3.63, 3.8) is 0 Å². The van der Waals surface area contributed by atoms with Crippen LogP contribution >= 0.6 is 11.3 Å². The van der Waals surface area contributed by atoms with Crippen LogP contribution in [0.2, 0.25) is 0 Å². The predicted octanol–water partition coefficient (Wildman–Crippen LogP) is 5.63. The van der Waals surface area contributed by atoms with E-state index in [-0.39, 0.29) is 11.5 Å². The number of aromatic nitrogens is 4. The first-order valence-electron chi connectivity index (χ1n) is 10.8. The van der Waals surface area contributed by atoms with E-state index in [2.05, 4.69) is 25.1 Å². The van der Waals surface area contributed by atoms with Crippen LogP contribution in [-0.2, 0) is 13.0 Å². The van der Waals surface area contributed by atoms with Gasteiger partial charge in [0.25, 0.3) is 5.91 Å². The monoisotopic (exact) mass is 465 g/mol. The van der Waals surface area contributed by atoms with Crippen molar-refractivity contribution in [2.24, 2.45) is 0 Å². The second-order valence-electron chi connectivity index (χ2n) is 7.99. The lowest BCUT2D eigenvalue weighted by Gasteiger charge is -2.10. The molecule has 33 heavy (non-hydrogen) atoms. The number of nitrogens with zero attached hydrogens (tertiary/aromatic N) is 4. The maximum atomic E-state index is 14.6. The van der Waals surface area contributed by atoms with E-state index in [1.165, 1.54) is 29.5 Å². The quantitative estimate of drug-likeness (QED) is 0.424. The van der Waals surface area contributed by atoms with Gasteiger partial charge in [0.1, 0.15) is 27.3 Å². The van der Waals surface area contributed by atoms with Gasteiger partial charge in [-0.05, 0) is 62.2 Å². The third-order valence-electron chi connectivity index (χ3n) is 5.68. The van der Waals surface area contributed by atoms with Crippen LogP contribution in [0.3, 0.4) is 0 Å². The number of anilines is 1. The summed E-state index contributed by atoms with van der Waals surface area (Å²) in [4.78, 5) is 17.8. The number of benzene rings is 2. The Bertz CT molecular complexity index is 1330. The van der Waals surface area contributed by atoms with Crippen molar-refractivity contribution < 1.29 is 13.6 Å². The van der Waals surface area contributed by atoms with Crippen LogP contribution < -0.4 is 5.32 Å². The van der Waals surface area contributed by atoms with Gasteiger partial charge in [0.15, 0.2) is 5.82 Å². The lowest BCUT2D eigenvalue weighted by Crippen LogP contribution is -2.13. The lowest BCUT2D eigenvalue weighted by atomic mass is 10.1. The molecule has 0 unspecified atom stereocenters. The minimum absolute atomic E-state index is 0.0691. The summed E-state index contributed by atoms with van der Waals surface area (Å²) < 4.78 is 29.9. The summed E-state index contributed by atoms with van der Waals surface area (Å²) in [6.45, 7) is 2.54. The number of nitrogens with one attached hydrogen (secondary N) is 1. The second-order valence-corrected chi connectivity index (χ2v) is 8.99. The SMILES string of the molecule is Cc1nc(-c2ccc(F)cc2)sc1C(=O)Nc1cc(-c2nnc3n2CCCCC3)ccc1F. The predicted molar refractivity (Wildman–Crippen MR) is 123 cm³/mol. The number of carbonyl (C=O) groups excluding carboxylic acids is 1. The zero-order valence-corrected chi connectivity index (χ0v) is 18.8. The van der Waals surface area contributed by atoms with Crippen molar-refractivity contribution in [2.45, 2.75) is 39.2 Å². The van der Waals surface area contributed by atoms with Gasteiger partial charge in [0.05, 0.1) is 11.4 Å². The molecule has 0 saturated carbocycles. The normalized spacial score (nSPS) is 13.4. The molecule has 168 valence electrons. The van der Waals surface area contributed by atoms with Crippen LogP contribution in [0.5, 0.6) is 0 Å². The summed E-state index contributed by atoms with van der Waals surface area (Å²) in [5.41, 5.74) is 2.00. The van der Waals surface area contributed by atoms with Crippen LogP contribution in [0.15, 0.2) is 42.5 Å². The van der Waals surface area contributed by atoms with Crippen LogP contribution in [0.1, 0.15) is 40.5 Å². The fraction of sp³-hybridized carbons (Fsp3) is 0.250. The third-order valence-corrected chi connectivity index (χ3v) is 6.88. The lowest BCUT2D eigenvalue weighted by molar-refractivity contribution is 0.102. The summed E-state index contributed by atoms with van der Waals surface area (Å²) in [7, 11) is 0. The molecule has 0 atom stereocenters. The van der Waals surface area contributed by atoms with Gasteiger partial charge in [-0.1, -0.05) is 6.42 Å². The van der Waals surface area contributed by atoms with E-state index in [0.29, 0.717) is 32.5 Å². The molecule has 4 aromatic rings. The number of thiazole rings is 1. The number of rotatable bonds is 4. The van der Waals surface area contributed by atoms with E-state index in [4.69, 9.17) is 0 Å². The van der Waals surface area contributed by atoms with Gasteiger partial charge in [-0.3, -0.25) is 4.79 Å². The van der Waals surface area contributed by atoms with Gasteiger partial charge in [0, 0.05) is 24.1 Å². The van der Waals surface area contributed by atoms with E-state index < -0.39 is 11.7 Å². The average molecular weight is 466 g/mol. The van der Waals surface area contributed by atoms with Crippen LogP contribution in [-0.4, -0.2) is 25.7 Å². The van der Waals surface area contributed by atoms with Gasteiger partial charge in [-0.2, -0.15) is 0 Å². The Morgan fingerprint density at radius 2 is 1.82 bits per heavy atom. The average Bonchev–Trinajstić information content (AvgIpc) is 3.31. The molecule has 0 aliphatic carbocycles. The highest BCUT2D eigenvalue weighted by molar-refractivity contribution is 7.17. The van der Waals surface area contributed by atoms with Crippen molar-refractivity contribution in [3.8, 4) is 22.0 Å². The molecule has 3 heterocycles. The third kappa shape index (κ3) is 4.28. The van der Waals surface area contributed by atoms with Crippen molar-refractivity contribution in [1.82, 2.24) is 19.7 Å². The Kier molecular flexibility index (Phi) is 5.72. The van der Waals surface area contributed by atoms with Crippen LogP contribution in [0, 0.1) is 18.6 Å². The Morgan fingerprint density at radius 3 is 2.64 bits per heavy atom. The molecule has 1 N–H and O–H groups in total. The molecule has 2 aromatic heterocycles. The smallest absolute Gasteiger partial charge is 0.267 e. The molecule has 5 rings (SSSR count). The number of hydrogen-bond acceptors (Lipinski definition) is 5. The summed E-state index contributed by atoms with van der Waals surface area (Å²) in [6, 6.07) is 10.5. The van der Waals surface area contributed by atoms with E-state index in [0.717, 1.165) is 38.1 Å². The molecular weight excluding hydrogens is 444 g/mol. The summed E-state index contributed by atoms with van der Waals surface area (Å²) in [6.07, 6.45) is 4.14. The number of aryl methyl sites for hydroxylation is 2. The zero-order valence-electron chi connectivity index (χ0n) is 17.9. The zero-order chi connectivity index (χ0) is 22.9. The Labute approximate surface area is 193 Å². The van der Waals surface area contributed by atoms with E-state index in [9.17, 15) is 13.6 Å². The van der Waals surface area contributed by atoms with Crippen molar-refractivity contribution in [2.75, 3.05) is 5.32 Å². The van der Waals surface area contributed by atoms with Gasteiger partial charge in [0.2, 0.25) is 0 Å². The van der Waals surface area contributed by atoms with Gasteiger partial charge < -0.3 is 9.88 Å². The summed E-state index contributed by atoms with van der Waals surface area (Å²) in [5, 5.41) is 11.9. The standard InChI is InChI=1S/C24H21F2N5OS/c1-14-21(33-24(27-14)15-6-9-17(25)10-7-15)23(32)28-19-13-16(8-11-18(19)26)22-30-29-20-5-3-2-4-12-31(20)22/h6-11,13H,2-5,12H2,1H3,(H,28,32). The molecule has 0 spiro atoms. The summed E-state index contributed by atoms with van der Waals surface area (Å²) in [5.74, 6) is 0.281. The van der Waals surface area contributed by atoms with Crippen LogP contribution in [0.25, 0.3) is 22.0 Å². The number of carbonyl (C=O) groups is 1. The van der Waals surface area contributed by atoms with Crippen LogP contribution in [0.4, 0.5) is 14.5 Å². The van der Waals surface area contributed by atoms with Gasteiger partial charge in [-0.15, -0.1) is 21.5 Å². The highest BCUT2D eigenvalue weighted by Gasteiger charge is 2.20. The highest BCUT2D eigenvalue weighted by Crippen LogP contribution is 2.30. The number of hydrogen-bond donors (Lipinski definition) is 1. The highest BCUT2D eigenvalue weighted by atomic mass is 32.1. The Morgan fingerprint density at radius 1 is 1.03 bits per heavy atom. The fourth-order valence-corrected chi connectivity index (χ4v) is 4.93. The Hall–Kier alpha value is -3.46. The molecule has 0 fully saturated rings. The maximum absolute atomic E-state index is 14.6. The number of halogens is 2. The molecule has 1 aliphatic rings. The van der Waals surface area contributed by atoms with E-state index in [1.807, 2.05) is 0 Å². The molecule has 6 nitrogen and oxygen atoms in total. The van der Waals surface area contributed by atoms with E-state index in [1.54, 1.807) is 31.2 Å². The molecular formula is C24H21F2N5OS. The molecule has 1 aliphatic heterocycles. The second kappa shape index (κ2) is 8.82. The van der Waals surface area contributed by atoms with Crippen molar-refractivity contribution in [3.05, 3.63) is 70.5 Å². The fourth-order valence-electron chi connectivity index (χ4n) is 3.96. The maximum Gasteiger partial charge on any atom is 0.267 e. The molecule has 9 heteroatoms. The first kappa shape index (κ1) is 21.4. The minimum Gasteiger partial charge on any atom is -0.319 e. The van der Waals surface area contributed by atoms with Gasteiger partial charge in [-0.25, -0.2) is 13.8 Å². The first-order valence-corrected chi connectivity index (χ1v) is 11.6. The minimum atomic E-state index is -0.538. The molecule has 2 aromatic carbocycles. The van der Waals surface area contributed by atoms with Crippen molar-refractivity contribution in [1.29, 1.82) is 0 Å². The van der Waals surface area contributed by atoms with Crippen molar-refractivity contribution >= 4 is 22.9 Å². The molecule has 0 bridgehead atoms. The number of fused-ring (bicyclic) bond motifs is 1. The largest absolute Gasteiger partial charge is 0.319 e.